The Hall–Kier alpha value is -1.26. The van der Waals surface area contributed by atoms with E-state index in [1.165, 1.54) is 0 Å². The summed E-state index contributed by atoms with van der Waals surface area (Å²) in [6.45, 7) is 2.81. The lowest BCUT2D eigenvalue weighted by Gasteiger charge is -2.22. The fourth-order valence-corrected chi connectivity index (χ4v) is 2.31. The number of aliphatic hydroxyl groups excluding tert-OH is 1. The van der Waals surface area contributed by atoms with Crippen LogP contribution in [-0.2, 0) is 4.74 Å². The van der Waals surface area contributed by atoms with Crippen LogP contribution in [0.5, 0.6) is 11.5 Å². The Bertz CT molecular complexity index is 383. The van der Waals surface area contributed by atoms with Crippen LogP contribution in [-0.4, -0.2) is 32.0 Å². The van der Waals surface area contributed by atoms with Crippen LogP contribution in [0.1, 0.15) is 25.0 Å². The van der Waals surface area contributed by atoms with Gasteiger partial charge in [0, 0.05) is 12.7 Å². The van der Waals surface area contributed by atoms with Crippen molar-refractivity contribution in [1.82, 2.24) is 0 Å². The van der Waals surface area contributed by atoms with Crippen molar-refractivity contribution in [2.75, 3.05) is 20.8 Å². The molecule has 0 amide bonds. The first-order chi connectivity index (χ1) is 8.65. The number of methoxy groups -OCH3 is 2. The largest absolute Gasteiger partial charge is 0.497 e. The van der Waals surface area contributed by atoms with E-state index >= 15 is 0 Å². The highest BCUT2D eigenvalue weighted by Gasteiger charge is 2.32. The molecule has 1 fully saturated rings. The van der Waals surface area contributed by atoms with Gasteiger partial charge in [0.2, 0.25) is 0 Å². The number of hydrogen-bond acceptors (Lipinski definition) is 4. The van der Waals surface area contributed by atoms with Crippen LogP contribution in [0.4, 0.5) is 0 Å². The van der Waals surface area contributed by atoms with Gasteiger partial charge in [-0.15, -0.1) is 0 Å². The molecule has 1 heterocycles. The van der Waals surface area contributed by atoms with Crippen molar-refractivity contribution in [3.8, 4) is 11.5 Å². The van der Waals surface area contributed by atoms with Gasteiger partial charge in [-0.3, -0.25) is 0 Å². The third kappa shape index (κ3) is 2.60. The zero-order valence-electron chi connectivity index (χ0n) is 11.1. The lowest BCUT2D eigenvalue weighted by molar-refractivity contribution is -0.0179. The fourth-order valence-electron chi connectivity index (χ4n) is 2.31. The summed E-state index contributed by atoms with van der Waals surface area (Å²) in [5.41, 5.74) is 0.768. The van der Waals surface area contributed by atoms with Crippen molar-refractivity contribution in [3.05, 3.63) is 23.8 Å². The van der Waals surface area contributed by atoms with Crippen LogP contribution in [0.3, 0.4) is 0 Å². The van der Waals surface area contributed by atoms with Gasteiger partial charge < -0.3 is 19.3 Å². The van der Waals surface area contributed by atoms with E-state index in [4.69, 9.17) is 14.2 Å². The standard InChI is InChI=1S/C14H20O4/c1-9-4-5-18-14(9)13(15)10-6-11(16-2)8-12(7-10)17-3/h6-9,13-15H,4-5H2,1-3H3. The molecular weight excluding hydrogens is 232 g/mol. The van der Waals surface area contributed by atoms with Gasteiger partial charge in [0.25, 0.3) is 0 Å². The number of rotatable bonds is 4. The second-order valence-electron chi connectivity index (χ2n) is 4.69. The SMILES string of the molecule is COc1cc(OC)cc(C(O)C2OCCC2C)c1. The van der Waals surface area contributed by atoms with Crippen molar-refractivity contribution >= 4 is 0 Å². The molecule has 1 aromatic carbocycles. The molecule has 0 aromatic heterocycles. The predicted molar refractivity (Wildman–Crippen MR) is 68.0 cm³/mol. The van der Waals surface area contributed by atoms with Crippen molar-refractivity contribution in [2.24, 2.45) is 5.92 Å². The minimum atomic E-state index is -0.647. The van der Waals surface area contributed by atoms with Gasteiger partial charge in [0.05, 0.1) is 20.3 Å². The molecule has 4 heteroatoms. The molecule has 1 saturated heterocycles. The minimum absolute atomic E-state index is 0.151. The Labute approximate surface area is 107 Å². The van der Waals surface area contributed by atoms with E-state index in [0.29, 0.717) is 24.0 Å². The molecule has 0 bridgehead atoms. The van der Waals surface area contributed by atoms with Gasteiger partial charge in [-0.2, -0.15) is 0 Å². The second kappa shape index (κ2) is 5.59. The molecule has 0 aliphatic carbocycles. The Morgan fingerprint density at radius 1 is 1.22 bits per heavy atom. The molecule has 0 saturated carbocycles. The third-order valence-corrected chi connectivity index (χ3v) is 3.47. The maximum atomic E-state index is 10.4. The zero-order valence-corrected chi connectivity index (χ0v) is 11.1. The summed E-state index contributed by atoms with van der Waals surface area (Å²) in [4.78, 5) is 0. The molecule has 18 heavy (non-hydrogen) atoms. The summed E-state index contributed by atoms with van der Waals surface area (Å²) in [6.07, 6.45) is 0.191. The number of benzene rings is 1. The molecule has 0 radical (unpaired) electrons. The first kappa shape index (κ1) is 13.2. The zero-order chi connectivity index (χ0) is 13.1. The highest BCUT2D eigenvalue weighted by Crippen LogP contribution is 2.34. The van der Waals surface area contributed by atoms with E-state index < -0.39 is 6.10 Å². The van der Waals surface area contributed by atoms with Gasteiger partial charge in [-0.1, -0.05) is 6.92 Å². The average molecular weight is 252 g/mol. The molecule has 3 unspecified atom stereocenters. The monoisotopic (exact) mass is 252 g/mol. The van der Waals surface area contributed by atoms with Crippen LogP contribution in [0.2, 0.25) is 0 Å². The summed E-state index contributed by atoms with van der Waals surface area (Å²) in [7, 11) is 3.19. The van der Waals surface area contributed by atoms with E-state index in [2.05, 4.69) is 6.92 Å². The molecule has 0 spiro atoms. The summed E-state index contributed by atoms with van der Waals surface area (Å²) >= 11 is 0. The van der Waals surface area contributed by atoms with E-state index in [-0.39, 0.29) is 6.10 Å². The smallest absolute Gasteiger partial charge is 0.122 e. The summed E-state index contributed by atoms with van der Waals surface area (Å²) in [5.74, 6) is 1.71. The minimum Gasteiger partial charge on any atom is -0.497 e. The summed E-state index contributed by atoms with van der Waals surface area (Å²) in [5, 5.41) is 10.4. The molecule has 2 rings (SSSR count). The Morgan fingerprint density at radius 3 is 2.28 bits per heavy atom. The van der Waals surface area contributed by atoms with Gasteiger partial charge in [0.15, 0.2) is 0 Å². The Kier molecular flexibility index (Phi) is 4.09. The van der Waals surface area contributed by atoms with Gasteiger partial charge in [0.1, 0.15) is 17.6 Å². The van der Waals surface area contributed by atoms with E-state index in [0.717, 1.165) is 12.0 Å². The van der Waals surface area contributed by atoms with Gasteiger partial charge >= 0.3 is 0 Å². The highest BCUT2D eigenvalue weighted by atomic mass is 16.5. The Morgan fingerprint density at radius 2 is 1.83 bits per heavy atom. The molecule has 1 N–H and O–H groups in total. The summed E-state index contributed by atoms with van der Waals surface area (Å²) < 4.78 is 16.0. The maximum absolute atomic E-state index is 10.4. The summed E-state index contributed by atoms with van der Waals surface area (Å²) in [6, 6.07) is 5.43. The number of aliphatic hydroxyl groups is 1. The third-order valence-electron chi connectivity index (χ3n) is 3.47. The quantitative estimate of drug-likeness (QED) is 0.892. The van der Waals surface area contributed by atoms with Crippen LogP contribution < -0.4 is 9.47 Å². The average Bonchev–Trinajstić information content (AvgIpc) is 2.83. The lowest BCUT2D eigenvalue weighted by Crippen LogP contribution is -2.23. The van der Waals surface area contributed by atoms with Crippen molar-refractivity contribution in [2.45, 2.75) is 25.6 Å². The molecular formula is C14H20O4. The molecule has 100 valence electrons. The number of hydrogen-bond donors (Lipinski definition) is 1. The Balaban J connectivity index is 2.25. The normalized spacial score (nSPS) is 24.9. The lowest BCUT2D eigenvalue weighted by atomic mass is 9.94. The molecule has 3 atom stereocenters. The highest BCUT2D eigenvalue weighted by molar-refractivity contribution is 5.39. The topological polar surface area (TPSA) is 47.9 Å². The van der Waals surface area contributed by atoms with Crippen LogP contribution in [0.15, 0.2) is 18.2 Å². The first-order valence-corrected chi connectivity index (χ1v) is 6.18. The van der Waals surface area contributed by atoms with E-state index in [9.17, 15) is 5.11 Å². The van der Waals surface area contributed by atoms with E-state index in [1.807, 2.05) is 12.1 Å². The molecule has 1 aliphatic heterocycles. The van der Waals surface area contributed by atoms with Crippen molar-refractivity contribution in [1.29, 1.82) is 0 Å². The maximum Gasteiger partial charge on any atom is 0.122 e. The first-order valence-electron chi connectivity index (χ1n) is 6.18. The van der Waals surface area contributed by atoms with Crippen LogP contribution >= 0.6 is 0 Å². The van der Waals surface area contributed by atoms with E-state index in [1.54, 1.807) is 20.3 Å². The van der Waals surface area contributed by atoms with Crippen molar-refractivity contribution < 1.29 is 19.3 Å². The number of ether oxygens (including phenoxy) is 3. The van der Waals surface area contributed by atoms with Gasteiger partial charge in [-0.25, -0.2) is 0 Å². The molecule has 1 aliphatic rings. The van der Waals surface area contributed by atoms with Crippen molar-refractivity contribution in [3.63, 3.8) is 0 Å². The van der Waals surface area contributed by atoms with Gasteiger partial charge in [-0.05, 0) is 30.0 Å². The van der Waals surface area contributed by atoms with Crippen LogP contribution in [0.25, 0.3) is 0 Å². The molecule has 4 nitrogen and oxygen atoms in total. The predicted octanol–water partition coefficient (Wildman–Crippen LogP) is 2.16. The fraction of sp³-hybridized carbons (Fsp3) is 0.571. The second-order valence-corrected chi connectivity index (χ2v) is 4.69. The molecule has 1 aromatic rings. The van der Waals surface area contributed by atoms with Crippen LogP contribution in [0, 0.1) is 5.92 Å².